The summed E-state index contributed by atoms with van der Waals surface area (Å²) in [5.74, 6) is -0.191. The highest BCUT2D eigenvalue weighted by atomic mass is 79.9. The van der Waals surface area contributed by atoms with Crippen LogP contribution in [0.3, 0.4) is 0 Å². The molecule has 0 amide bonds. The van der Waals surface area contributed by atoms with E-state index in [0.717, 1.165) is 26.4 Å². The maximum absolute atomic E-state index is 9.78. The first-order chi connectivity index (χ1) is 13.3. The van der Waals surface area contributed by atoms with Crippen molar-refractivity contribution in [3.63, 3.8) is 0 Å². The summed E-state index contributed by atoms with van der Waals surface area (Å²) >= 11 is 3.53. The second-order valence-electron chi connectivity index (χ2n) is 8.30. The van der Waals surface area contributed by atoms with E-state index in [0.29, 0.717) is 5.75 Å². The van der Waals surface area contributed by atoms with Crippen molar-refractivity contribution in [1.82, 2.24) is 0 Å². The van der Waals surface area contributed by atoms with Gasteiger partial charge in [0, 0.05) is 16.0 Å². The molecule has 1 N–H and O–H groups in total. The van der Waals surface area contributed by atoms with Crippen LogP contribution in [0.25, 0.3) is 10.8 Å². The number of ether oxygens (including phenoxy) is 1. The topological polar surface area (TPSA) is 56.9 Å². The van der Waals surface area contributed by atoms with Crippen LogP contribution in [0.15, 0.2) is 59.1 Å². The van der Waals surface area contributed by atoms with Crippen LogP contribution in [0.5, 0.6) is 5.75 Å². The molecule has 0 saturated carbocycles. The van der Waals surface area contributed by atoms with E-state index in [1.807, 2.05) is 18.2 Å². The van der Waals surface area contributed by atoms with Gasteiger partial charge in [-0.25, -0.2) is 0 Å². The summed E-state index contributed by atoms with van der Waals surface area (Å²) in [5, 5.41) is 20.2. The molecule has 1 heterocycles. The minimum atomic E-state index is -0.641. The average Bonchev–Trinajstić information content (AvgIpc) is 2.65. The maximum atomic E-state index is 9.78. The minimum Gasteiger partial charge on any atom is -0.442 e. The molecule has 0 spiro atoms. The summed E-state index contributed by atoms with van der Waals surface area (Å²) < 4.78 is 6.76. The lowest BCUT2D eigenvalue weighted by molar-refractivity contribution is 0.451. The van der Waals surface area contributed by atoms with Crippen LogP contribution < -0.4 is 4.74 Å². The van der Waals surface area contributed by atoms with Gasteiger partial charge in [0.1, 0.15) is 11.7 Å². The van der Waals surface area contributed by atoms with E-state index in [2.05, 4.69) is 79.2 Å². The molecule has 3 aromatic rings. The molecule has 0 saturated heterocycles. The lowest BCUT2D eigenvalue weighted by Crippen LogP contribution is -2.31. The van der Waals surface area contributed by atoms with Crippen molar-refractivity contribution in [2.24, 2.45) is 5.92 Å². The Balaban J connectivity index is 1.90. The zero-order valence-corrected chi connectivity index (χ0v) is 17.7. The van der Waals surface area contributed by atoms with Crippen molar-refractivity contribution >= 4 is 32.6 Å². The van der Waals surface area contributed by atoms with Crippen LogP contribution in [0, 0.1) is 22.7 Å². The zero-order chi connectivity index (χ0) is 20.1. The number of hydrogen-bond acceptors (Lipinski definition) is 3. The predicted molar refractivity (Wildman–Crippen MR) is 116 cm³/mol. The first-order valence-corrected chi connectivity index (χ1v) is 10.1. The molecule has 4 rings (SSSR count). The molecule has 0 radical (unpaired) electrons. The van der Waals surface area contributed by atoms with Gasteiger partial charge in [-0.1, -0.05) is 67.0 Å². The van der Waals surface area contributed by atoms with E-state index >= 15 is 0 Å². The number of halogens is 1. The number of rotatable bonds is 1. The van der Waals surface area contributed by atoms with Crippen LogP contribution in [-0.2, 0) is 5.41 Å². The molecule has 3 aromatic carbocycles. The van der Waals surface area contributed by atoms with E-state index in [-0.39, 0.29) is 17.2 Å². The van der Waals surface area contributed by atoms with Crippen LogP contribution in [0.2, 0.25) is 0 Å². The number of nitriles is 1. The van der Waals surface area contributed by atoms with Gasteiger partial charge < -0.3 is 4.74 Å². The largest absolute Gasteiger partial charge is 0.442 e. The van der Waals surface area contributed by atoms with Crippen LogP contribution in [0.4, 0.5) is 0 Å². The van der Waals surface area contributed by atoms with Gasteiger partial charge in [-0.05, 0) is 51.6 Å². The number of nitrogens with zero attached hydrogens (tertiary/aromatic N) is 1. The molecule has 1 aliphatic rings. The van der Waals surface area contributed by atoms with Crippen molar-refractivity contribution in [1.29, 1.82) is 10.7 Å². The third kappa shape index (κ3) is 3.21. The molecule has 140 valence electrons. The standard InChI is InChI=1S/C24H21BrN2O/c1-24(2,3)17-7-4-14(5-8-17)22-19-11-16-10-18(25)9-6-15(16)12-21(19)28-23(27)20(22)13-26/h4-12,20,22,27H,1-3H3. The molecule has 2 unspecified atom stereocenters. The van der Waals surface area contributed by atoms with Gasteiger partial charge in [-0.3, -0.25) is 5.41 Å². The Kier molecular flexibility index (Phi) is 4.51. The highest BCUT2D eigenvalue weighted by molar-refractivity contribution is 9.10. The summed E-state index contributed by atoms with van der Waals surface area (Å²) in [6, 6.07) is 20.9. The summed E-state index contributed by atoms with van der Waals surface area (Å²) in [4.78, 5) is 0. The van der Waals surface area contributed by atoms with Gasteiger partial charge >= 0.3 is 0 Å². The minimum absolute atomic E-state index is 0.0105. The Morgan fingerprint density at radius 3 is 2.36 bits per heavy atom. The third-order valence-electron chi connectivity index (χ3n) is 5.38. The molecule has 28 heavy (non-hydrogen) atoms. The number of nitrogens with one attached hydrogen (secondary N) is 1. The predicted octanol–water partition coefficient (Wildman–Crippen LogP) is 6.54. The number of benzene rings is 3. The summed E-state index contributed by atoms with van der Waals surface area (Å²) in [6.07, 6.45) is 0. The Labute approximate surface area is 173 Å². The molecular weight excluding hydrogens is 412 g/mol. The van der Waals surface area contributed by atoms with E-state index < -0.39 is 5.92 Å². The first kappa shape index (κ1) is 18.7. The van der Waals surface area contributed by atoms with E-state index in [9.17, 15) is 5.26 Å². The monoisotopic (exact) mass is 432 g/mol. The average molecular weight is 433 g/mol. The Morgan fingerprint density at radius 1 is 1.00 bits per heavy atom. The molecule has 1 aliphatic heterocycles. The first-order valence-electron chi connectivity index (χ1n) is 9.27. The Bertz CT molecular complexity index is 1120. The van der Waals surface area contributed by atoms with E-state index in [1.165, 1.54) is 5.56 Å². The third-order valence-corrected chi connectivity index (χ3v) is 5.87. The van der Waals surface area contributed by atoms with Gasteiger partial charge in [-0.15, -0.1) is 0 Å². The van der Waals surface area contributed by atoms with Gasteiger partial charge in [0.2, 0.25) is 5.90 Å². The molecule has 0 aliphatic carbocycles. The van der Waals surface area contributed by atoms with Gasteiger partial charge in [0.25, 0.3) is 0 Å². The number of fused-ring (bicyclic) bond motifs is 2. The van der Waals surface area contributed by atoms with E-state index in [4.69, 9.17) is 10.1 Å². The Morgan fingerprint density at radius 2 is 1.71 bits per heavy atom. The van der Waals surface area contributed by atoms with Gasteiger partial charge in [0.15, 0.2) is 0 Å². The summed E-state index contributed by atoms with van der Waals surface area (Å²) in [6.45, 7) is 6.55. The smallest absolute Gasteiger partial charge is 0.205 e. The molecule has 0 bridgehead atoms. The van der Waals surface area contributed by atoms with Crippen LogP contribution in [0.1, 0.15) is 43.4 Å². The SMILES string of the molecule is CC(C)(C)c1ccc(C2c3cc4cc(Br)ccc4cc3OC(=N)C2C#N)cc1. The number of hydrogen-bond donors (Lipinski definition) is 1. The molecular formula is C24H21BrN2O. The fourth-order valence-corrected chi connectivity index (χ4v) is 4.18. The summed E-state index contributed by atoms with van der Waals surface area (Å²) in [5.41, 5.74) is 3.30. The molecule has 3 nitrogen and oxygen atoms in total. The maximum Gasteiger partial charge on any atom is 0.205 e. The van der Waals surface area contributed by atoms with Gasteiger partial charge in [-0.2, -0.15) is 5.26 Å². The lowest BCUT2D eigenvalue weighted by atomic mass is 9.77. The highest BCUT2D eigenvalue weighted by Gasteiger charge is 2.37. The fraction of sp³-hybridized carbons (Fsp3) is 0.250. The molecule has 4 heteroatoms. The highest BCUT2D eigenvalue weighted by Crippen LogP contribution is 2.44. The summed E-state index contributed by atoms with van der Waals surface area (Å²) in [7, 11) is 0. The normalized spacial score (nSPS) is 19.0. The molecule has 0 aromatic heterocycles. The fourth-order valence-electron chi connectivity index (χ4n) is 3.81. The van der Waals surface area contributed by atoms with Crippen molar-refractivity contribution in [3.8, 4) is 11.8 Å². The van der Waals surface area contributed by atoms with E-state index in [1.54, 1.807) is 0 Å². The van der Waals surface area contributed by atoms with Gasteiger partial charge in [0.05, 0.1) is 6.07 Å². The van der Waals surface area contributed by atoms with Crippen molar-refractivity contribution in [2.45, 2.75) is 32.1 Å². The van der Waals surface area contributed by atoms with Crippen molar-refractivity contribution < 1.29 is 4.74 Å². The van der Waals surface area contributed by atoms with Crippen LogP contribution in [-0.4, -0.2) is 5.90 Å². The lowest BCUT2D eigenvalue weighted by Gasteiger charge is -2.31. The van der Waals surface area contributed by atoms with Crippen molar-refractivity contribution in [3.05, 3.63) is 75.8 Å². The Hall–Kier alpha value is -2.64. The second-order valence-corrected chi connectivity index (χ2v) is 9.22. The quantitative estimate of drug-likeness (QED) is 0.474. The second kappa shape index (κ2) is 6.76. The molecule has 0 fully saturated rings. The zero-order valence-electron chi connectivity index (χ0n) is 16.1. The molecule has 2 atom stereocenters. The van der Waals surface area contributed by atoms with Crippen molar-refractivity contribution in [2.75, 3.05) is 0 Å². The van der Waals surface area contributed by atoms with Crippen LogP contribution >= 0.6 is 15.9 Å².